The van der Waals surface area contributed by atoms with Crippen LogP contribution in [0.1, 0.15) is 216 Å². The fraction of sp³-hybridized carbons (Fsp3) is 0.310. The summed E-state index contributed by atoms with van der Waals surface area (Å²) < 4.78 is 0. The van der Waals surface area contributed by atoms with Crippen molar-refractivity contribution in [3.63, 3.8) is 0 Å². The number of aliphatic hydroxyl groups is 9. The van der Waals surface area contributed by atoms with Gasteiger partial charge in [0.15, 0.2) is 0 Å². The first-order chi connectivity index (χ1) is 61.9. The molecule has 0 bridgehead atoms. The van der Waals surface area contributed by atoms with Crippen LogP contribution >= 0.6 is 0 Å². The highest BCUT2D eigenvalue weighted by Gasteiger charge is 2.38. The van der Waals surface area contributed by atoms with Gasteiger partial charge in [0.05, 0.1) is 0 Å². The Hall–Kier alpha value is -13.9. The van der Waals surface area contributed by atoms with Gasteiger partial charge in [-0.25, -0.2) is 0 Å². The van der Waals surface area contributed by atoms with Crippen molar-refractivity contribution < 1.29 is 46.0 Å². The van der Waals surface area contributed by atoms with E-state index in [9.17, 15) is 40.9 Å². The van der Waals surface area contributed by atoms with Crippen molar-refractivity contribution in [3.05, 3.63) is 304 Å². The highest BCUT2D eigenvalue weighted by molar-refractivity contribution is 5.55. The van der Waals surface area contributed by atoms with Crippen molar-refractivity contribution in [2.75, 3.05) is 58.2 Å². The fourth-order valence-electron chi connectivity index (χ4n) is 11.6. The summed E-state index contributed by atoms with van der Waals surface area (Å²) >= 11 is 0. The molecule has 2 aliphatic rings. The molecule has 2 aliphatic carbocycles. The third-order valence-electron chi connectivity index (χ3n) is 19.4. The van der Waals surface area contributed by atoms with Crippen LogP contribution in [0.5, 0.6) is 0 Å². The molecule has 10 aromatic carbocycles. The molecule has 0 radical (unpaired) electrons. The van der Waals surface area contributed by atoms with Gasteiger partial charge in [-0.2, -0.15) is 0 Å². The Morgan fingerprint density at radius 1 is 0.359 bits per heavy atom. The van der Waals surface area contributed by atoms with E-state index in [1.54, 1.807) is 108 Å². The quantitative estimate of drug-likeness (QED) is 0.0496. The Labute approximate surface area is 779 Å². The summed E-state index contributed by atoms with van der Waals surface area (Å²) in [7, 11) is 0. The maximum absolute atomic E-state index is 10.3. The minimum atomic E-state index is -1.16. The lowest BCUT2D eigenvalue weighted by Crippen LogP contribution is -2.29. The van der Waals surface area contributed by atoms with E-state index in [-0.39, 0.29) is 6.61 Å². The highest BCUT2D eigenvalue weighted by Crippen LogP contribution is 2.39. The number of nitrogen functional groups attached to an aromatic ring is 9. The Balaban J connectivity index is 0.000000309. The summed E-state index contributed by atoms with van der Waals surface area (Å²) in [6, 6.07) is 75.4. The first-order valence-corrected chi connectivity index (χ1v) is 43.7. The molecule has 27 N–H and O–H groups in total. The summed E-state index contributed by atoms with van der Waals surface area (Å²) in [4.78, 5) is 0. The van der Waals surface area contributed by atoms with Gasteiger partial charge in [0.25, 0.3) is 0 Å². The second-order valence-electron chi connectivity index (χ2n) is 33.3. The van der Waals surface area contributed by atoms with Crippen LogP contribution in [-0.4, -0.2) is 92.3 Å². The normalized spacial score (nSPS) is 13.5. The lowest BCUT2D eigenvalue weighted by molar-refractivity contribution is 0.0610. The molecule has 18 nitrogen and oxygen atoms in total. The first kappa shape index (κ1) is 109. The molecule has 0 aliphatic heterocycles. The van der Waals surface area contributed by atoms with Gasteiger partial charge in [0.2, 0.25) is 0 Å². The molecule has 0 heterocycles. The molecule has 131 heavy (non-hydrogen) atoms. The van der Waals surface area contributed by atoms with E-state index in [1.165, 1.54) is 6.42 Å². The molecule has 12 rings (SSSR count). The number of rotatable bonds is 8. The monoisotopic (exact) mass is 1760 g/mol. The zero-order valence-corrected chi connectivity index (χ0v) is 77.8. The molecule has 0 saturated heterocycles. The lowest BCUT2D eigenvalue weighted by atomic mass is 9.85. The van der Waals surface area contributed by atoms with E-state index in [0.29, 0.717) is 95.1 Å². The molecule has 0 spiro atoms. The molecule has 2 fully saturated rings. The van der Waals surface area contributed by atoms with Crippen LogP contribution in [0.25, 0.3) is 0 Å². The fourth-order valence-corrected chi connectivity index (χ4v) is 11.6. The van der Waals surface area contributed by atoms with Gasteiger partial charge in [-0.05, 0) is 293 Å². The van der Waals surface area contributed by atoms with Crippen molar-refractivity contribution in [2.24, 2.45) is 11.8 Å². The molecule has 0 aromatic heterocycles. The number of benzene rings is 10. The summed E-state index contributed by atoms with van der Waals surface area (Å²) in [6.07, 6.45) is 9.77. The van der Waals surface area contributed by atoms with Crippen molar-refractivity contribution in [3.8, 4) is 107 Å². The SMILES string of the molecule is CC(C)(O)C#Cc1cccc(N)c1.CC(C)CC(C)(O)C#Cc1cccc(N)c1.CC(O)(C#Cc1cccc(N)c1)C1CC1.CC(O)(C#Cc1cccc(N)c1)c1ccccc1.CCC(C)(O)C#Cc1cccc(N)c1.CCC(O)(C#Cc1cccc(N)c1)CC.CCC(O)C#Cc1cccc(N)c1.Nc1cccc(C#CC2(O)CCCCC2)c1.Nc1cccc(C#CCO)c1. The van der Waals surface area contributed by atoms with Crippen molar-refractivity contribution in [1.29, 1.82) is 0 Å². The van der Waals surface area contributed by atoms with Gasteiger partial charge in [-0.3, -0.25) is 0 Å². The van der Waals surface area contributed by atoms with Crippen LogP contribution in [-0.2, 0) is 5.60 Å². The summed E-state index contributed by atoms with van der Waals surface area (Å²) in [5.41, 5.74) is 58.6. The predicted octanol–water partition coefficient (Wildman–Crippen LogP) is 16.4. The van der Waals surface area contributed by atoms with E-state index < -0.39 is 45.3 Å². The van der Waals surface area contributed by atoms with E-state index in [4.69, 9.17) is 56.7 Å². The van der Waals surface area contributed by atoms with Gasteiger partial charge in [0.1, 0.15) is 51.9 Å². The van der Waals surface area contributed by atoms with Crippen molar-refractivity contribution >= 4 is 51.2 Å². The molecule has 2 saturated carbocycles. The number of hydrogen-bond donors (Lipinski definition) is 18. The van der Waals surface area contributed by atoms with Crippen LogP contribution < -0.4 is 51.6 Å². The molecule has 5 atom stereocenters. The molecule has 10 aromatic rings. The third-order valence-corrected chi connectivity index (χ3v) is 19.4. The predicted molar refractivity (Wildman–Crippen MR) is 543 cm³/mol. The maximum Gasteiger partial charge on any atom is 0.148 e. The van der Waals surface area contributed by atoms with Crippen LogP contribution in [0.4, 0.5) is 51.2 Å². The van der Waals surface area contributed by atoms with Gasteiger partial charge in [-0.15, -0.1) is 0 Å². The first-order valence-electron chi connectivity index (χ1n) is 43.7. The topological polar surface area (TPSA) is 416 Å². The smallest absolute Gasteiger partial charge is 0.148 e. The van der Waals surface area contributed by atoms with Gasteiger partial charge in [0, 0.05) is 101 Å². The van der Waals surface area contributed by atoms with Crippen LogP contribution in [0.3, 0.4) is 0 Å². The number of hydrogen-bond acceptors (Lipinski definition) is 18. The highest BCUT2D eigenvalue weighted by atomic mass is 16.3. The molecule has 0 amide bonds. The zero-order chi connectivity index (χ0) is 97.1. The third kappa shape index (κ3) is 48.7. The van der Waals surface area contributed by atoms with Crippen LogP contribution in [0.2, 0.25) is 0 Å². The number of anilines is 9. The minimum Gasteiger partial charge on any atom is -0.399 e. The number of aliphatic hydroxyl groups excluding tert-OH is 2. The average molecular weight is 1760 g/mol. The van der Waals surface area contributed by atoms with Crippen molar-refractivity contribution in [2.45, 2.75) is 205 Å². The summed E-state index contributed by atoms with van der Waals surface area (Å²) in [5.74, 6) is 52.3. The van der Waals surface area contributed by atoms with Gasteiger partial charge in [-0.1, -0.05) is 239 Å². The summed E-state index contributed by atoms with van der Waals surface area (Å²) in [6.45, 7) is 21.9. The van der Waals surface area contributed by atoms with E-state index in [1.807, 2.05) is 210 Å². The van der Waals surface area contributed by atoms with Gasteiger partial charge < -0.3 is 97.6 Å². The maximum atomic E-state index is 10.3. The lowest BCUT2D eigenvalue weighted by Gasteiger charge is -2.26. The number of nitrogens with two attached hydrogens (primary N) is 9. The standard InChI is InChI=1S/C16H15NO.C14H17NO.C14H19NO.C13H15NO.C13H17NO.C12H15NO.2C11H13NO.C9H9NO/c1-16(18,14-7-3-2-4-8-14)11-10-13-6-5-9-15(17)12-13;15-13-6-4-5-12(11-13)7-10-14(16)8-2-1-3-9-14;1-11(2)10-14(3,16)8-7-12-5-4-6-13(15)9-12;1-13(15,11-5-6-11)8-7-10-3-2-4-12(14)9-10;1-3-13(15,4-2)9-8-11-6-5-7-12(14)10-11;1-3-12(2,14)8-7-10-5-4-6-11(13)9-10;1-11(2,13)7-6-9-4-3-5-10(12)8-9;1-2-11(13)7-6-9-4-3-5-10(12)8-9;10-9-5-1-3-8(7-9)4-2-6-11/h2-9,12,18H,17H2,1H3;4-6,11,16H,1-3,8-9,15H2;4-6,9,11,16H,10,15H2,1-3H3;2-4,9,11,15H,5-6,14H2,1H3;5-7,10,15H,3-4,14H2,1-2H3;4-6,9,14H,3,13H2,1-2H3;3-5,8,13H,12H2,1-2H3;3-5,8,11,13H,2,12H2,1H3;1,3,5,7,11H,6,10H2. The van der Waals surface area contributed by atoms with E-state index in [2.05, 4.69) is 120 Å². The second-order valence-corrected chi connectivity index (χ2v) is 33.3. The zero-order valence-electron chi connectivity index (χ0n) is 77.8. The van der Waals surface area contributed by atoms with Crippen molar-refractivity contribution in [1.82, 2.24) is 0 Å². The molecule has 684 valence electrons. The largest absolute Gasteiger partial charge is 0.399 e. The second kappa shape index (κ2) is 55.7. The minimum absolute atomic E-state index is 0.116. The van der Waals surface area contributed by atoms with Gasteiger partial charge >= 0.3 is 0 Å². The Morgan fingerprint density at radius 2 is 0.672 bits per heavy atom. The molecular formula is C113H133N9O9. The Morgan fingerprint density at radius 3 is 0.985 bits per heavy atom. The van der Waals surface area contributed by atoms with Crippen LogP contribution in [0.15, 0.2) is 249 Å². The Kier molecular flexibility index (Phi) is 46.5. The van der Waals surface area contributed by atoms with Crippen LogP contribution in [0, 0.1) is 118 Å². The van der Waals surface area contributed by atoms with E-state index in [0.717, 1.165) is 94.2 Å². The molecular weight excluding hydrogens is 1630 g/mol. The van der Waals surface area contributed by atoms with E-state index >= 15 is 0 Å². The molecule has 18 heteroatoms. The average Bonchev–Trinajstić information content (AvgIpc) is 1.68. The molecule has 5 unspecified atom stereocenters. The Bertz CT molecular complexity index is 5790. The summed E-state index contributed by atoms with van der Waals surface area (Å²) in [5, 5.41) is 87.0.